The van der Waals surface area contributed by atoms with Crippen LogP contribution in [0, 0.1) is 40.9 Å². The van der Waals surface area contributed by atoms with Gasteiger partial charge in [0.05, 0.1) is 5.41 Å². The molecule has 4 heteroatoms. The van der Waals surface area contributed by atoms with Gasteiger partial charge in [0.2, 0.25) is 0 Å². The van der Waals surface area contributed by atoms with E-state index in [0.717, 1.165) is 56.8 Å². The molecule has 0 saturated heterocycles. The summed E-state index contributed by atoms with van der Waals surface area (Å²) in [5, 5.41) is 0. The fourth-order valence-corrected chi connectivity index (χ4v) is 9.49. The number of ether oxygens (including phenoxy) is 2. The number of rotatable bonds is 4. The van der Waals surface area contributed by atoms with Crippen LogP contribution in [0.1, 0.15) is 96.8 Å². The highest BCUT2D eigenvalue weighted by molar-refractivity contribution is 5.78. The molecule has 0 aromatic heterocycles. The first kappa shape index (κ1) is 19.6. The van der Waals surface area contributed by atoms with E-state index in [1.165, 1.54) is 51.9 Å². The van der Waals surface area contributed by atoms with E-state index in [4.69, 9.17) is 9.47 Å². The van der Waals surface area contributed by atoms with Gasteiger partial charge in [0.25, 0.3) is 0 Å². The molecule has 7 saturated carbocycles. The maximum atomic E-state index is 13.9. The summed E-state index contributed by atoms with van der Waals surface area (Å²) in [6, 6.07) is 0. The van der Waals surface area contributed by atoms with Crippen molar-refractivity contribution < 1.29 is 19.1 Å². The molecule has 0 N–H and O–H groups in total. The van der Waals surface area contributed by atoms with Crippen LogP contribution in [0.2, 0.25) is 0 Å². The van der Waals surface area contributed by atoms with Crippen molar-refractivity contribution in [2.24, 2.45) is 40.9 Å². The Hall–Kier alpha value is -1.06. The zero-order valence-electron chi connectivity index (χ0n) is 18.6. The third kappa shape index (κ3) is 2.98. The molecular formula is C26H38O4. The molecule has 0 aromatic carbocycles. The van der Waals surface area contributed by atoms with Crippen LogP contribution in [-0.2, 0) is 19.1 Å². The Kier molecular flexibility index (Phi) is 4.56. The predicted octanol–water partition coefficient (Wildman–Crippen LogP) is 5.43. The zero-order chi connectivity index (χ0) is 20.5. The van der Waals surface area contributed by atoms with Gasteiger partial charge in [0, 0.05) is 12.8 Å². The van der Waals surface area contributed by atoms with E-state index in [9.17, 15) is 9.59 Å². The molecule has 7 rings (SSSR count). The van der Waals surface area contributed by atoms with Crippen molar-refractivity contribution in [2.75, 3.05) is 0 Å². The van der Waals surface area contributed by atoms with E-state index < -0.39 is 0 Å². The number of esters is 2. The Labute approximate surface area is 180 Å². The van der Waals surface area contributed by atoms with Crippen LogP contribution in [0.15, 0.2) is 0 Å². The minimum absolute atomic E-state index is 0.0363. The molecule has 5 unspecified atom stereocenters. The number of hydrogen-bond acceptors (Lipinski definition) is 4. The molecule has 0 aliphatic heterocycles. The quantitative estimate of drug-likeness (QED) is 0.576. The maximum absolute atomic E-state index is 13.9. The van der Waals surface area contributed by atoms with Gasteiger partial charge in [-0.1, -0.05) is 12.8 Å². The van der Waals surface area contributed by atoms with Crippen LogP contribution in [0.5, 0.6) is 0 Å². The first-order valence-electron chi connectivity index (χ1n) is 12.9. The first-order chi connectivity index (χ1) is 14.5. The zero-order valence-corrected chi connectivity index (χ0v) is 18.6. The van der Waals surface area contributed by atoms with Gasteiger partial charge >= 0.3 is 11.9 Å². The van der Waals surface area contributed by atoms with Crippen molar-refractivity contribution in [3.8, 4) is 0 Å². The van der Waals surface area contributed by atoms with Crippen LogP contribution < -0.4 is 0 Å². The molecular weight excluding hydrogens is 376 g/mol. The van der Waals surface area contributed by atoms with Gasteiger partial charge in [-0.25, -0.2) is 0 Å². The molecule has 7 fully saturated rings. The highest BCUT2D eigenvalue weighted by Crippen LogP contribution is 2.63. The van der Waals surface area contributed by atoms with Crippen LogP contribution in [0.3, 0.4) is 0 Å². The molecule has 30 heavy (non-hydrogen) atoms. The minimum Gasteiger partial charge on any atom is -0.462 e. The lowest BCUT2D eigenvalue weighted by atomic mass is 9.48. The molecule has 0 heterocycles. The Morgan fingerprint density at radius 2 is 1.50 bits per heavy atom. The van der Waals surface area contributed by atoms with Gasteiger partial charge in [0.1, 0.15) is 11.7 Å². The summed E-state index contributed by atoms with van der Waals surface area (Å²) in [6.07, 6.45) is 16.4. The van der Waals surface area contributed by atoms with Gasteiger partial charge in [0.15, 0.2) is 0 Å². The highest BCUT2D eigenvalue weighted by Gasteiger charge is 2.62. The second-order valence-corrected chi connectivity index (χ2v) is 12.1. The second kappa shape index (κ2) is 6.97. The van der Waals surface area contributed by atoms with Crippen LogP contribution >= 0.6 is 0 Å². The van der Waals surface area contributed by atoms with Crippen molar-refractivity contribution >= 4 is 11.9 Å². The minimum atomic E-state index is -0.296. The molecule has 6 bridgehead atoms. The lowest BCUT2D eigenvalue weighted by Gasteiger charge is -2.58. The van der Waals surface area contributed by atoms with Crippen molar-refractivity contribution in [3.63, 3.8) is 0 Å². The summed E-state index contributed by atoms with van der Waals surface area (Å²) in [6.45, 7) is 1.53. The average Bonchev–Trinajstić information content (AvgIpc) is 3.35. The molecule has 4 nitrogen and oxygen atoms in total. The Balaban J connectivity index is 1.24. The van der Waals surface area contributed by atoms with Crippen LogP contribution in [0.4, 0.5) is 0 Å². The van der Waals surface area contributed by atoms with E-state index >= 15 is 0 Å². The summed E-state index contributed by atoms with van der Waals surface area (Å²) in [5.74, 6) is 3.60. The van der Waals surface area contributed by atoms with Crippen LogP contribution in [-0.4, -0.2) is 23.6 Å². The molecule has 166 valence electrons. The van der Waals surface area contributed by atoms with E-state index in [-0.39, 0.29) is 29.1 Å². The van der Waals surface area contributed by atoms with E-state index in [1.807, 2.05) is 0 Å². The van der Waals surface area contributed by atoms with Crippen molar-refractivity contribution in [2.45, 2.75) is 109 Å². The van der Waals surface area contributed by atoms with E-state index in [2.05, 4.69) is 0 Å². The van der Waals surface area contributed by atoms with Crippen molar-refractivity contribution in [1.29, 1.82) is 0 Å². The normalized spacial score (nSPS) is 48.0. The monoisotopic (exact) mass is 414 g/mol. The van der Waals surface area contributed by atoms with E-state index in [0.29, 0.717) is 23.7 Å². The van der Waals surface area contributed by atoms with Gasteiger partial charge in [-0.3, -0.25) is 9.59 Å². The van der Waals surface area contributed by atoms with Crippen LogP contribution in [0.25, 0.3) is 0 Å². The van der Waals surface area contributed by atoms with Crippen molar-refractivity contribution in [3.05, 3.63) is 0 Å². The summed E-state index contributed by atoms with van der Waals surface area (Å²) in [5.41, 5.74) is -0.469. The second-order valence-electron chi connectivity index (χ2n) is 12.1. The Bertz CT molecular complexity index is 707. The SMILES string of the molecule is CC(=O)OC1C2CC3CC1CC(C(=O)OC1(C4CC5CCC4C5)CCCCC1)(C3)C2. The standard InChI is InChI=1S/C26H38O4/c1-16(27)29-23-20-10-18-11-21(23)15-25(13-18,14-20)24(28)30-26(7-3-2-4-8-26)22-12-17-5-6-19(22)9-17/h17-23H,2-15H2,1H3. The molecule has 0 spiro atoms. The number of carbonyl (C=O) groups excluding carboxylic acids is 2. The fraction of sp³-hybridized carbons (Fsp3) is 0.923. The lowest BCUT2D eigenvalue weighted by molar-refractivity contribution is -0.212. The topological polar surface area (TPSA) is 52.6 Å². The summed E-state index contributed by atoms with van der Waals surface area (Å²) < 4.78 is 12.5. The largest absolute Gasteiger partial charge is 0.462 e. The molecule has 0 amide bonds. The summed E-state index contributed by atoms with van der Waals surface area (Å²) >= 11 is 0. The van der Waals surface area contributed by atoms with Gasteiger partial charge < -0.3 is 9.47 Å². The summed E-state index contributed by atoms with van der Waals surface area (Å²) in [7, 11) is 0. The Morgan fingerprint density at radius 3 is 2.10 bits per heavy atom. The average molecular weight is 415 g/mol. The summed E-state index contributed by atoms with van der Waals surface area (Å²) in [4.78, 5) is 25.6. The first-order valence-corrected chi connectivity index (χ1v) is 12.9. The molecule has 0 aromatic rings. The third-order valence-corrected chi connectivity index (χ3v) is 10.3. The lowest BCUT2D eigenvalue weighted by Crippen LogP contribution is -2.59. The number of fused-ring (bicyclic) bond motifs is 2. The van der Waals surface area contributed by atoms with Crippen molar-refractivity contribution in [1.82, 2.24) is 0 Å². The molecule has 7 aliphatic rings. The maximum Gasteiger partial charge on any atom is 0.312 e. The predicted molar refractivity (Wildman–Crippen MR) is 112 cm³/mol. The number of carbonyl (C=O) groups is 2. The number of hydrogen-bond donors (Lipinski definition) is 0. The van der Waals surface area contributed by atoms with Gasteiger partial charge in [-0.05, 0) is 107 Å². The smallest absolute Gasteiger partial charge is 0.312 e. The van der Waals surface area contributed by atoms with Gasteiger partial charge in [-0.2, -0.15) is 0 Å². The van der Waals surface area contributed by atoms with E-state index in [1.54, 1.807) is 0 Å². The van der Waals surface area contributed by atoms with Gasteiger partial charge in [-0.15, -0.1) is 0 Å². The highest BCUT2D eigenvalue weighted by atomic mass is 16.6. The Morgan fingerprint density at radius 1 is 0.800 bits per heavy atom. The molecule has 0 radical (unpaired) electrons. The fourth-order valence-electron chi connectivity index (χ4n) is 9.49. The molecule has 5 atom stereocenters. The third-order valence-electron chi connectivity index (χ3n) is 10.3. The molecule has 7 aliphatic carbocycles.